The van der Waals surface area contributed by atoms with E-state index in [4.69, 9.17) is 25.7 Å². The Morgan fingerprint density at radius 1 is 0.861 bits per heavy atom. The Bertz CT molecular complexity index is 1170. The minimum atomic E-state index is -3.09. The Labute approximate surface area is 217 Å². The molecule has 2 atom stereocenters. The summed E-state index contributed by atoms with van der Waals surface area (Å²) >= 11 is 6.71. The minimum Gasteiger partial charge on any atom is -0.309 e. The van der Waals surface area contributed by atoms with Gasteiger partial charge >= 0.3 is 7.60 Å². The number of rotatable bonds is 12. The molecular formula is C28H31ClN3O3P. The smallest absolute Gasteiger partial charge is 0.309 e. The van der Waals surface area contributed by atoms with Crippen molar-refractivity contribution in [1.29, 1.82) is 0 Å². The Morgan fingerprint density at radius 2 is 1.36 bits per heavy atom. The summed E-state index contributed by atoms with van der Waals surface area (Å²) in [5.74, 6) is 0.482. The molecule has 0 saturated heterocycles. The van der Waals surface area contributed by atoms with Crippen LogP contribution in [0.15, 0.2) is 97.3 Å². The molecule has 188 valence electrons. The molecule has 0 radical (unpaired) electrons. The second-order valence-electron chi connectivity index (χ2n) is 8.29. The Morgan fingerprint density at radius 3 is 1.81 bits per heavy atom. The van der Waals surface area contributed by atoms with E-state index in [2.05, 4.69) is 41.4 Å². The van der Waals surface area contributed by atoms with Crippen LogP contribution >= 0.6 is 19.2 Å². The van der Waals surface area contributed by atoms with Crippen LogP contribution in [-0.2, 0) is 19.2 Å². The van der Waals surface area contributed by atoms with Crippen LogP contribution in [0.1, 0.15) is 48.2 Å². The minimum absolute atomic E-state index is 0.190. The summed E-state index contributed by atoms with van der Waals surface area (Å²) in [5, 5.41) is 4.39. The zero-order valence-corrected chi connectivity index (χ0v) is 22.2. The van der Waals surface area contributed by atoms with Gasteiger partial charge in [0, 0.05) is 6.16 Å². The normalized spacial score (nSPS) is 14.3. The van der Waals surface area contributed by atoms with Gasteiger partial charge in [-0.2, -0.15) is 5.10 Å². The maximum Gasteiger partial charge on any atom is 0.330 e. The molecule has 0 bridgehead atoms. The van der Waals surface area contributed by atoms with Crippen LogP contribution in [0.2, 0.25) is 0 Å². The summed E-state index contributed by atoms with van der Waals surface area (Å²) in [6.45, 7) is 4.11. The van der Waals surface area contributed by atoms with Crippen LogP contribution in [0.4, 0.5) is 0 Å². The van der Waals surface area contributed by atoms with Crippen molar-refractivity contribution in [3.63, 3.8) is 0 Å². The molecule has 4 aromatic rings. The maximum atomic E-state index is 12.6. The molecule has 0 aliphatic heterocycles. The van der Waals surface area contributed by atoms with Crippen LogP contribution in [-0.4, -0.2) is 34.1 Å². The summed E-state index contributed by atoms with van der Waals surface area (Å²) in [6.07, 6.45) is 2.45. The molecule has 1 heterocycles. The maximum absolute atomic E-state index is 12.6. The van der Waals surface area contributed by atoms with Gasteiger partial charge in [-0.05, 0) is 30.0 Å². The first-order valence-electron chi connectivity index (χ1n) is 12.1. The van der Waals surface area contributed by atoms with Gasteiger partial charge in [-0.1, -0.05) is 97.9 Å². The number of aromatic nitrogens is 3. The first-order valence-corrected chi connectivity index (χ1v) is 14.3. The van der Waals surface area contributed by atoms with Gasteiger partial charge in [-0.15, -0.1) is 11.6 Å². The highest BCUT2D eigenvalue weighted by Crippen LogP contribution is 2.48. The summed E-state index contributed by atoms with van der Waals surface area (Å²) in [4.78, 5) is 4.59. The SMILES string of the molecule is CCOP(=O)(CC)OCCC(Cl)c1ncn(C(c2ccccc2)(c2ccccc2)c2ccccc2)n1. The number of benzene rings is 3. The van der Waals surface area contributed by atoms with Crippen LogP contribution < -0.4 is 0 Å². The first-order chi connectivity index (χ1) is 17.5. The number of hydrogen-bond donors (Lipinski definition) is 0. The average molecular weight is 524 g/mol. The standard InChI is InChI=1S/C28H31ClN3O3P/c1-3-34-36(33,4-2)35-21-20-26(29)27-30-22-32(31-27)28(23-14-8-5-9-15-23,24-16-10-6-11-17-24)25-18-12-7-13-19-25/h5-19,22,26H,3-4,20-21H2,1-2H3. The molecule has 4 rings (SSSR count). The topological polar surface area (TPSA) is 66.2 Å². The van der Waals surface area contributed by atoms with Gasteiger partial charge in [-0.3, -0.25) is 4.57 Å². The molecule has 0 saturated carbocycles. The molecule has 36 heavy (non-hydrogen) atoms. The number of hydrogen-bond acceptors (Lipinski definition) is 5. The quantitative estimate of drug-likeness (QED) is 0.113. The summed E-state index contributed by atoms with van der Waals surface area (Å²) in [7, 11) is -3.09. The fourth-order valence-corrected chi connectivity index (χ4v) is 5.76. The molecule has 0 aliphatic rings. The van der Waals surface area contributed by atoms with Crippen LogP contribution in [0.5, 0.6) is 0 Å². The molecule has 0 N–H and O–H groups in total. The highest BCUT2D eigenvalue weighted by Gasteiger charge is 2.40. The fourth-order valence-electron chi connectivity index (χ4n) is 4.36. The lowest BCUT2D eigenvalue weighted by molar-refractivity contribution is 0.210. The summed E-state index contributed by atoms with van der Waals surface area (Å²) in [5.41, 5.74) is 2.39. The third-order valence-electron chi connectivity index (χ3n) is 6.08. The molecule has 1 aromatic heterocycles. The molecule has 2 unspecified atom stereocenters. The van der Waals surface area contributed by atoms with E-state index < -0.39 is 18.5 Å². The van der Waals surface area contributed by atoms with Crippen LogP contribution in [0, 0.1) is 0 Å². The van der Waals surface area contributed by atoms with E-state index in [-0.39, 0.29) is 6.61 Å². The van der Waals surface area contributed by atoms with E-state index in [0.29, 0.717) is 25.0 Å². The lowest BCUT2D eigenvalue weighted by Crippen LogP contribution is -2.38. The molecular weight excluding hydrogens is 493 g/mol. The molecule has 3 aromatic carbocycles. The van der Waals surface area contributed by atoms with Crippen molar-refractivity contribution in [3.05, 3.63) is 120 Å². The zero-order chi connectivity index (χ0) is 25.4. The third-order valence-corrected chi connectivity index (χ3v) is 8.50. The number of alkyl halides is 1. The molecule has 0 spiro atoms. The average Bonchev–Trinajstić information content (AvgIpc) is 3.42. The highest BCUT2D eigenvalue weighted by molar-refractivity contribution is 7.53. The van der Waals surface area contributed by atoms with E-state index in [9.17, 15) is 4.57 Å². The predicted molar refractivity (Wildman–Crippen MR) is 144 cm³/mol. The monoisotopic (exact) mass is 523 g/mol. The number of halogens is 1. The van der Waals surface area contributed by atoms with Gasteiger partial charge in [0.2, 0.25) is 0 Å². The van der Waals surface area contributed by atoms with Crippen molar-refractivity contribution >= 4 is 19.2 Å². The first kappa shape index (κ1) is 26.3. The van der Waals surface area contributed by atoms with Crippen molar-refractivity contribution < 1.29 is 13.6 Å². The van der Waals surface area contributed by atoms with E-state index in [1.807, 2.05) is 59.3 Å². The molecule has 6 nitrogen and oxygen atoms in total. The molecule has 8 heteroatoms. The van der Waals surface area contributed by atoms with Gasteiger partial charge in [0.15, 0.2) is 5.82 Å². The fraction of sp³-hybridized carbons (Fsp3) is 0.286. The van der Waals surface area contributed by atoms with Crippen molar-refractivity contribution in [3.8, 4) is 0 Å². The van der Waals surface area contributed by atoms with Gasteiger partial charge < -0.3 is 9.05 Å². The molecule has 0 aliphatic carbocycles. The van der Waals surface area contributed by atoms with Gasteiger partial charge in [0.05, 0.1) is 18.6 Å². The van der Waals surface area contributed by atoms with Crippen molar-refractivity contribution in [1.82, 2.24) is 14.8 Å². The highest BCUT2D eigenvalue weighted by atomic mass is 35.5. The van der Waals surface area contributed by atoms with Gasteiger partial charge in [-0.25, -0.2) is 9.67 Å². The second-order valence-corrected chi connectivity index (χ2v) is 11.2. The van der Waals surface area contributed by atoms with E-state index in [1.54, 1.807) is 20.2 Å². The van der Waals surface area contributed by atoms with Crippen LogP contribution in [0.25, 0.3) is 0 Å². The van der Waals surface area contributed by atoms with E-state index in [1.165, 1.54) is 0 Å². The van der Waals surface area contributed by atoms with E-state index >= 15 is 0 Å². The molecule has 0 fully saturated rings. The predicted octanol–water partition coefficient (Wildman–Crippen LogP) is 7.05. The van der Waals surface area contributed by atoms with Crippen LogP contribution in [0.3, 0.4) is 0 Å². The summed E-state index contributed by atoms with van der Waals surface area (Å²) in [6, 6.07) is 30.8. The van der Waals surface area contributed by atoms with Gasteiger partial charge in [0.25, 0.3) is 0 Å². The van der Waals surface area contributed by atoms with Gasteiger partial charge in [0.1, 0.15) is 11.9 Å². The largest absolute Gasteiger partial charge is 0.330 e. The Hall–Kier alpha value is -2.76. The third kappa shape index (κ3) is 5.47. The Kier molecular flexibility index (Phi) is 8.76. The van der Waals surface area contributed by atoms with Crippen molar-refractivity contribution in [2.75, 3.05) is 19.4 Å². The second kappa shape index (κ2) is 12.0. The number of nitrogens with zero attached hydrogens (tertiary/aromatic N) is 3. The van der Waals surface area contributed by atoms with Crippen molar-refractivity contribution in [2.45, 2.75) is 31.2 Å². The zero-order valence-electron chi connectivity index (χ0n) is 20.5. The van der Waals surface area contributed by atoms with Crippen molar-refractivity contribution in [2.24, 2.45) is 0 Å². The van der Waals surface area contributed by atoms with E-state index in [0.717, 1.165) is 16.7 Å². The summed E-state index contributed by atoms with van der Waals surface area (Å²) < 4.78 is 25.4. The lowest BCUT2D eigenvalue weighted by atomic mass is 9.77. The lowest BCUT2D eigenvalue weighted by Gasteiger charge is -2.35. The Balaban J connectivity index is 1.72. The molecule has 0 amide bonds.